The molecule has 0 fully saturated rings. The molecular formula is C24H17NS. The fraction of sp³-hybridized carbons (Fsp3) is 0. The lowest BCUT2D eigenvalue weighted by atomic mass is 10.2. The first kappa shape index (κ1) is 15.2. The van der Waals surface area contributed by atoms with Gasteiger partial charge in [0, 0.05) is 26.7 Å². The van der Waals surface area contributed by atoms with E-state index < -0.39 is 0 Å². The van der Waals surface area contributed by atoms with Crippen molar-refractivity contribution in [3.8, 4) is 10.4 Å². The normalized spacial score (nSPS) is 11.7. The highest BCUT2D eigenvalue weighted by molar-refractivity contribution is 7.16. The Labute approximate surface area is 156 Å². The Morgan fingerprint density at radius 3 is 1.92 bits per heavy atom. The lowest BCUT2D eigenvalue weighted by Crippen LogP contribution is -1.84. The fourth-order valence-corrected chi connectivity index (χ4v) is 4.37. The summed E-state index contributed by atoms with van der Waals surface area (Å²) in [6.45, 7) is 0. The summed E-state index contributed by atoms with van der Waals surface area (Å²) >= 11 is 1.82. The van der Waals surface area contributed by atoms with E-state index in [9.17, 15) is 0 Å². The molecule has 0 aliphatic heterocycles. The molecule has 1 nitrogen and oxygen atoms in total. The van der Waals surface area contributed by atoms with Crippen molar-refractivity contribution in [3.05, 3.63) is 95.9 Å². The maximum atomic E-state index is 2.28. The van der Waals surface area contributed by atoms with Crippen LogP contribution in [0.3, 0.4) is 0 Å². The summed E-state index contributed by atoms with van der Waals surface area (Å²) in [5, 5.41) is 2.59. The molecule has 0 aliphatic rings. The van der Waals surface area contributed by atoms with Crippen LogP contribution < -0.4 is 0 Å². The molecule has 26 heavy (non-hydrogen) atoms. The molecule has 0 atom stereocenters. The van der Waals surface area contributed by atoms with Crippen molar-refractivity contribution >= 4 is 45.4 Å². The number of hydrogen-bond acceptors (Lipinski definition) is 1. The Hall–Kier alpha value is -3.10. The van der Waals surface area contributed by atoms with E-state index in [-0.39, 0.29) is 0 Å². The zero-order valence-electron chi connectivity index (χ0n) is 14.2. The molecule has 0 amide bonds. The van der Waals surface area contributed by atoms with Gasteiger partial charge in [0.15, 0.2) is 0 Å². The second-order valence-electron chi connectivity index (χ2n) is 6.29. The average Bonchev–Trinajstić information content (AvgIpc) is 3.30. The van der Waals surface area contributed by atoms with E-state index in [1.807, 2.05) is 11.3 Å². The summed E-state index contributed by atoms with van der Waals surface area (Å²) in [7, 11) is 0. The summed E-state index contributed by atoms with van der Waals surface area (Å²) in [6.07, 6.45) is 4.39. The summed E-state index contributed by atoms with van der Waals surface area (Å²) in [5.74, 6) is 0. The van der Waals surface area contributed by atoms with Gasteiger partial charge in [-0.15, -0.1) is 11.3 Å². The van der Waals surface area contributed by atoms with E-state index in [1.54, 1.807) is 0 Å². The van der Waals surface area contributed by atoms with Crippen molar-refractivity contribution in [2.45, 2.75) is 0 Å². The number of thiophene rings is 1. The van der Waals surface area contributed by atoms with Crippen LogP contribution in [0, 0.1) is 0 Å². The largest absolute Gasteiger partial charge is 0.316 e. The van der Waals surface area contributed by atoms with E-state index >= 15 is 0 Å². The standard InChI is InChI=1S/C24H17NS/c1-2-8-18(9-3-1)24-15-14-19(26-24)16-17-25-22-12-6-4-10-20(22)21-11-5-7-13-23(21)25/h1-17H/b17-16+. The molecule has 124 valence electrons. The van der Waals surface area contributed by atoms with Gasteiger partial charge in [-0.05, 0) is 35.9 Å². The smallest absolute Gasteiger partial charge is 0.0534 e. The predicted octanol–water partition coefficient (Wildman–Crippen LogP) is 7.15. The monoisotopic (exact) mass is 351 g/mol. The minimum absolute atomic E-state index is 1.24. The number of aromatic nitrogens is 1. The first-order valence-corrected chi connectivity index (χ1v) is 9.53. The van der Waals surface area contributed by atoms with Crippen LogP contribution in [-0.2, 0) is 0 Å². The van der Waals surface area contributed by atoms with Crippen molar-refractivity contribution in [1.29, 1.82) is 0 Å². The first-order chi connectivity index (χ1) is 12.9. The average molecular weight is 351 g/mol. The molecule has 0 saturated heterocycles. The summed E-state index contributed by atoms with van der Waals surface area (Å²) in [6, 6.07) is 32.1. The minimum Gasteiger partial charge on any atom is -0.316 e. The number of hydrogen-bond donors (Lipinski definition) is 0. The van der Waals surface area contributed by atoms with Crippen LogP contribution in [0.25, 0.3) is 44.5 Å². The van der Waals surface area contributed by atoms with Crippen molar-refractivity contribution in [2.24, 2.45) is 0 Å². The van der Waals surface area contributed by atoms with Gasteiger partial charge in [-0.3, -0.25) is 0 Å². The predicted molar refractivity (Wildman–Crippen MR) is 114 cm³/mol. The lowest BCUT2D eigenvalue weighted by Gasteiger charge is -1.99. The molecule has 3 aromatic carbocycles. The maximum Gasteiger partial charge on any atom is 0.0534 e. The molecule has 2 aromatic heterocycles. The molecule has 0 unspecified atom stereocenters. The molecule has 0 N–H and O–H groups in total. The second-order valence-corrected chi connectivity index (χ2v) is 7.40. The summed E-state index contributed by atoms with van der Waals surface area (Å²) in [4.78, 5) is 2.55. The number of nitrogens with zero attached hydrogens (tertiary/aromatic N) is 1. The van der Waals surface area contributed by atoms with E-state index in [2.05, 4.69) is 108 Å². The van der Waals surface area contributed by atoms with Crippen LogP contribution in [0.1, 0.15) is 4.88 Å². The maximum absolute atomic E-state index is 2.28. The Morgan fingerprint density at radius 1 is 0.615 bits per heavy atom. The van der Waals surface area contributed by atoms with E-state index in [0.717, 1.165) is 0 Å². The Balaban J connectivity index is 1.58. The molecule has 5 aromatic rings. The van der Waals surface area contributed by atoms with Gasteiger partial charge in [-0.25, -0.2) is 0 Å². The summed E-state index contributed by atoms with van der Waals surface area (Å²) < 4.78 is 2.28. The molecule has 2 heteroatoms. The number of fused-ring (bicyclic) bond motifs is 3. The Kier molecular flexibility index (Phi) is 3.69. The van der Waals surface area contributed by atoms with Gasteiger partial charge in [-0.1, -0.05) is 66.7 Å². The first-order valence-electron chi connectivity index (χ1n) is 8.71. The zero-order valence-corrected chi connectivity index (χ0v) is 15.0. The van der Waals surface area contributed by atoms with Gasteiger partial charge in [0.1, 0.15) is 0 Å². The highest BCUT2D eigenvalue weighted by Crippen LogP contribution is 2.31. The molecule has 0 saturated carbocycles. The van der Waals surface area contributed by atoms with Gasteiger partial charge in [0.2, 0.25) is 0 Å². The number of benzene rings is 3. The molecule has 5 rings (SSSR count). The lowest BCUT2D eigenvalue weighted by molar-refractivity contribution is 1.30. The van der Waals surface area contributed by atoms with E-state index in [0.29, 0.717) is 0 Å². The molecule has 0 spiro atoms. The Bertz CT molecular complexity index is 1170. The quantitative estimate of drug-likeness (QED) is 0.325. The van der Waals surface area contributed by atoms with Gasteiger partial charge in [0.05, 0.1) is 11.0 Å². The highest BCUT2D eigenvalue weighted by Gasteiger charge is 2.07. The molecule has 2 heterocycles. The van der Waals surface area contributed by atoms with Gasteiger partial charge in [0.25, 0.3) is 0 Å². The van der Waals surface area contributed by atoms with Gasteiger partial charge in [-0.2, -0.15) is 0 Å². The minimum atomic E-state index is 1.24. The molecule has 0 radical (unpaired) electrons. The van der Waals surface area contributed by atoms with Crippen molar-refractivity contribution in [3.63, 3.8) is 0 Å². The van der Waals surface area contributed by atoms with Crippen molar-refractivity contribution in [2.75, 3.05) is 0 Å². The zero-order chi connectivity index (χ0) is 17.3. The van der Waals surface area contributed by atoms with Gasteiger partial charge >= 0.3 is 0 Å². The van der Waals surface area contributed by atoms with Crippen molar-refractivity contribution in [1.82, 2.24) is 4.57 Å². The third-order valence-electron chi connectivity index (χ3n) is 4.69. The highest BCUT2D eigenvalue weighted by atomic mass is 32.1. The van der Waals surface area contributed by atoms with Crippen LogP contribution in [0.15, 0.2) is 91.0 Å². The van der Waals surface area contributed by atoms with Crippen LogP contribution in [0.4, 0.5) is 0 Å². The van der Waals surface area contributed by atoms with Crippen molar-refractivity contribution < 1.29 is 0 Å². The number of rotatable bonds is 3. The van der Waals surface area contributed by atoms with Crippen LogP contribution in [0.5, 0.6) is 0 Å². The summed E-state index contributed by atoms with van der Waals surface area (Å²) in [5.41, 5.74) is 3.75. The Morgan fingerprint density at radius 2 is 1.23 bits per heavy atom. The van der Waals surface area contributed by atoms with E-state index in [1.165, 1.54) is 37.1 Å². The third-order valence-corrected chi connectivity index (χ3v) is 5.79. The molecular weight excluding hydrogens is 334 g/mol. The third kappa shape index (κ3) is 2.56. The SMILES string of the molecule is C(=C\n1c2ccccc2c2ccccc21)/c1ccc(-c2ccccc2)s1. The van der Waals surface area contributed by atoms with E-state index in [4.69, 9.17) is 0 Å². The van der Waals surface area contributed by atoms with Crippen LogP contribution in [0.2, 0.25) is 0 Å². The molecule has 0 aliphatic carbocycles. The van der Waals surface area contributed by atoms with Gasteiger partial charge < -0.3 is 4.57 Å². The fourth-order valence-electron chi connectivity index (χ4n) is 3.46. The molecule has 0 bridgehead atoms. The van der Waals surface area contributed by atoms with Crippen LogP contribution >= 0.6 is 11.3 Å². The topological polar surface area (TPSA) is 4.93 Å². The van der Waals surface area contributed by atoms with Crippen LogP contribution in [-0.4, -0.2) is 4.57 Å². The second kappa shape index (κ2) is 6.32. The number of para-hydroxylation sites is 2.